The minimum atomic E-state index is 0.535. The fraction of sp³-hybridized carbons (Fsp3) is 0.529. The zero-order valence-corrected chi connectivity index (χ0v) is 12.8. The van der Waals surface area contributed by atoms with Gasteiger partial charge in [0.1, 0.15) is 12.7 Å². The van der Waals surface area contributed by atoms with Gasteiger partial charge in [0.05, 0.1) is 6.04 Å². The summed E-state index contributed by atoms with van der Waals surface area (Å²) in [4.78, 5) is 6.62. The van der Waals surface area contributed by atoms with Crippen LogP contribution in [0, 0.1) is 0 Å². The van der Waals surface area contributed by atoms with Crippen molar-refractivity contribution < 1.29 is 0 Å². The van der Waals surface area contributed by atoms with Crippen LogP contribution < -0.4 is 0 Å². The lowest BCUT2D eigenvalue weighted by molar-refractivity contribution is 0.181. The van der Waals surface area contributed by atoms with E-state index >= 15 is 0 Å². The summed E-state index contributed by atoms with van der Waals surface area (Å²) in [6, 6.07) is 9.60. The van der Waals surface area contributed by atoms with Gasteiger partial charge in [-0.05, 0) is 36.8 Å². The largest absolute Gasteiger partial charge is 0.303 e. The Hall–Kier alpha value is -1.68. The molecule has 21 heavy (non-hydrogen) atoms. The van der Waals surface area contributed by atoms with Crippen molar-refractivity contribution in [3.63, 3.8) is 0 Å². The molecular formula is C17H24N4. The van der Waals surface area contributed by atoms with Crippen LogP contribution in [-0.4, -0.2) is 39.3 Å². The van der Waals surface area contributed by atoms with Crippen molar-refractivity contribution in [1.82, 2.24) is 19.7 Å². The van der Waals surface area contributed by atoms with Gasteiger partial charge in [-0.1, -0.05) is 31.2 Å². The van der Waals surface area contributed by atoms with Gasteiger partial charge in [0.15, 0.2) is 0 Å². The van der Waals surface area contributed by atoms with Crippen molar-refractivity contribution in [2.75, 3.05) is 19.6 Å². The Kier molecular flexibility index (Phi) is 4.65. The number of piperidine rings is 1. The maximum absolute atomic E-state index is 4.26. The molecule has 0 aliphatic carbocycles. The van der Waals surface area contributed by atoms with Gasteiger partial charge in [0.2, 0.25) is 0 Å². The molecule has 0 saturated carbocycles. The minimum Gasteiger partial charge on any atom is -0.303 e. The maximum atomic E-state index is 4.26. The van der Waals surface area contributed by atoms with Crippen molar-refractivity contribution >= 4 is 0 Å². The quantitative estimate of drug-likeness (QED) is 0.846. The highest BCUT2D eigenvalue weighted by Crippen LogP contribution is 2.21. The Balaban J connectivity index is 1.44. The Bertz CT molecular complexity index is 524. The molecule has 0 N–H and O–H groups in total. The van der Waals surface area contributed by atoms with E-state index in [1.165, 1.54) is 24.0 Å². The first kappa shape index (κ1) is 14.3. The third-order valence-electron chi connectivity index (χ3n) is 4.52. The first-order valence-electron chi connectivity index (χ1n) is 7.99. The van der Waals surface area contributed by atoms with Crippen molar-refractivity contribution in [1.29, 1.82) is 0 Å². The highest BCUT2D eigenvalue weighted by atomic mass is 15.3. The number of likely N-dealkylation sites (tertiary alicyclic amines) is 1. The van der Waals surface area contributed by atoms with Crippen LogP contribution in [0.25, 0.3) is 0 Å². The number of rotatable bonds is 5. The van der Waals surface area contributed by atoms with Crippen LogP contribution in [0.4, 0.5) is 0 Å². The third-order valence-corrected chi connectivity index (χ3v) is 4.52. The van der Waals surface area contributed by atoms with Crippen LogP contribution in [0.2, 0.25) is 0 Å². The summed E-state index contributed by atoms with van der Waals surface area (Å²) in [5, 5.41) is 4.26. The molecule has 1 aliphatic heterocycles. The molecular weight excluding hydrogens is 260 g/mol. The van der Waals surface area contributed by atoms with Crippen LogP contribution in [0.5, 0.6) is 0 Å². The molecule has 0 unspecified atom stereocenters. The number of aryl methyl sites for hydroxylation is 1. The van der Waals surface area contributed by atoms with Gasteiger partial charge in [-0.2, -0.15) is 5.10 Å². The molecule has 1 aromatic heterocycles. The molecule has 4 nitrogen and oxygen atoms in total. The predicted molar refractivity (Wildman–Crippen MR) is 84.3 cm³/mol. The van der Waals surface area contributed by atoms with E-state index in [2.05, 4.69) is 46.2 Å². The fourth-order valence-electron chi connectivity index (χ4n) is 3.04. The molecule has 2 aromatic rings. The van der Waals surface area contributed by atoms with E-state index < -0.39 is 0 Å². The summed E-state index contributed by atoms with van der Waals surface area (Å²) in [5.74, 6) is 0. The van der Waals surface area contributed by atoms with Crippen LogP contribution in [0.15, 0.2) is 36.9 Å². The molecule has 112 valence electrons. The smallest absolute Gasteiger partial charge is 0.137 e. The highest BCUT2D eigenvalue weighted by Gasteiger charge is 2.20. The first-order chi connectivity index (χ1) is 10.3. The molecule has 0 spiro atoms. The molecule has 1 aliphatic rings. The maximum Gasteiger partial charge on any atom is 0.137 e. The summed E-state index contributed by atoms with van der Waals surface area (Å²) in [7, 11) is 0. The summed E-state index contributed by atoms with van der Waals surface area (Å²) >= 11 is 0. The molecule has 1 saturated heterocycles. The monoisotopic (exact) mass is 284 g/mol. The first-order valence-corrected chi connectivity index (χ1v) is 7.99. The second kappa shape index (κ2) is 6.85. The van der Waals surface area contributed by atoms with Crippen LogP contribution in [0.1, 0.15) is 36.9 Å². The molecule has 3 rings (SSSR count). The lowest BCUT2D eigenvalue weighted by Crippen LogP contribution is -2.36. The van der Waals surface area contributed by atoms with Gasteiger partial charge >= 0.3 is 0 Å². The Morgan fingerprint density at radius 1 is 1.10 bits per heavy atom. The SMILES string of the molecule is CCc1ccc(CCN2CCC(n3cncn3)CC2)cc1. The van der Waals surface area contributed by atoms with Crippen molar-refractivity contribution in [3.8, 4) is 0 Å². The molecule has 2 heterocycles. The molecule has 0 bridgehead atoms. The molecule has 1 fully saturated rings. The van der Waals surface area contributed by atoms with E-state index in [4.69, 9.17) is 0 Å². The second-order valence-electron chi connectivity index (χ2n) is 5.87. The Labute approximate surface area is 126 Å². The Morgan fingerprint density at radius 2 is 1.81 bits per heavy atom. The molecule has 0 radical (unpaired) electrons. The lowest BCUT2D eigenvalue weighted by atomic mass is 10.0. The van der Waals surface area contributed by atoms with Gasteiger partial charge in [-0.25, -0.2) is 9.67 Å². The van der Waals surface area contributed by atoms with Gasteiger partial charge in [0, 0.05) is 19.6 Å². The number of aromatic nitrogens is 3. The zero-order chi connectivity index (χ0) is 14.5. The summed E-state index contributed by atoms with van der Waals surface area (Å²) in [6.07, 6.45) is 8.10. The van der Waals surface area contributed by atoms with Crippen molar-refractivity contribution in [2.45, 2.75) is 38.6 Å². The Morgan fingerprint density at radius 3 is 2.43 bits per heavy atom. The van der Waals surface area contributed by atoms with Gasteiger partial charge in [0.25, 0.3) is 0 Å². The van der Waals surface area contributed by atoms with E-state index in [-0.39, 0.29) is 0 Å². The molecule has 1 aromatic carbocycles. The zero-order valence-electron chi connectivity index (χ0n) is 12.8. The average molecular weight is 284 g/mol. The summed E-state index contributed by atoms with van der Waals surface area (Å²) < 4.78 is 2.01. The lowest BCUT2D eigenvalue weighted by Gasteiger charge is -2.31. The molecule has 4 heteroatoms. The minimum absolute atomic E-state index is 0.535. The molecule has 0 amide bonds. The van der Waals surface area contributed by atoms with Gasteiger partial charge in [-0.15, -0.1) is 0 Å². The van der Waals surface area contributed by atoms with Gasteiger partial charge < -0.3 is 4.90 Å². The number of benzene rings is 1. The van der Waals surface area contributed by atoms with Crippen molar-refractivity contribution in [2.24, 2.45) is 0 Å². The van der Waals surface area contributed by atoms with E-state index in [1.54, 1.807) is 6.33 Å². The predicted octanol–water partition coefficient (Wildman–Crippen LogP) is 2.72. The topological polar surface area (TPSA) is 34.0 Å². The molecule has 0 atom stereocenters. The van der Waals surface area contributed by atoms with Crippen LogP contribution >= 0.6 is 0 Å². The fourth-order valence-corrected chi connectivity index (χ4v) is 3.04. The number of nitrogens with zero attached hydrogens (tertiary/aromatic N) is 4. The third kappa shape index (κ3) is 3.70. The van der Waals surface area contributed by atoms with Crippen LogP contribution in [-0.2, 0) is 12.8 Å². The second-order valence-corrected chi connectivity index (χ2v) is 5.87. The average Bonchev–Trinajstić information content (AvgIpc) is 3.08. The van der Waals surface area contributed by atoms with Crippen LogP contribution in [0.3, 0.4) is 0 Å². The standard InChI is InChI=1S/C17H24N4/c1-2-15-3-5-16(6-4-15)7-10-20-11-8-17(9-12-20)21-14-18-13-19-21/h3-6,13-14,17H,2,7-12H2,1H3. The van der Waals surface area contributed by atoms with E-state index in [1.807, 2.05) is 11.0 Å². The summed E-state index contributed by atoms with van der Waals surface area (Å²) in [5.41, 5.74) is 2.87. The number of hydrogen-bond donors (Lipinski definition) is 0. The van der Waals surface area contributed by atoms with E-state index in [0.29, 0.717) is 6.04 Å². The number of hydrogen-bond acceptors (Lipinski definition) is 3. The van der Waals surface area contributed by atoms with E-state index in [0.717, 1.165) is 32.5 Å². The van der Waals surface area contributed by atoms with E-state index in [9.17, 15) is 0 Å². The summed E-state index contributed by atoms with van der Waals surface area (Å²) in [6.45, 7) is 5.69. The normalized spacial score (nSPS) is 17.2. The van der Waals surface area contributed by atoms with Crippen molar-refractivity contribution in [3.05, 3.63) is 48.0 Å². The van der Waals surface area contributed by atoms with Gasteiger partial charge in [-0.3, -0.25) is 0 Å². The highest BCUT2D eigenvalue weighted by molar-refractivity contribution is 5.22.